The van der Waals surface area contributed by atoms with Crippen LogP contribution in [0, 0.1) is 0 Å². The van der Waals surface area contributed by atoms with E-state index in [1.54, 1.807) is 19.2 Å². The van der Waals surface area contributed by atoms with Crippen LogP contribution in [0.2, 0.25) is 0 Å². The van der Waals surface area contributed by atoms with Gasteiger partial charge in [-0.25, -0.2) is 0 Å². The quantitative estimate of drug-likeness (QED) is 0.655. The fraction of sp³-hybridized carbons (Fsp3) is 0.250. The minimum Gasteiger partial charge on any atom is -0.496 e. The summed E-state index contributed by atoms with van der Waals surface area (Å²) in [5, 5.41) is 0.388. The second-order valence-electron chi connectivity index (χ2n) is 5.69. The third-order valence-electron chi connectivity index (χ3n) is 3.98. The number of rotatable bonds is 7. The Hall–Kier alpha value is -2.99. The van der Waals surface area contributed by atoms with Gasteiger partial charge in [-0.05, 0) is 37.2 Å². The predicted octanol–water partition coefficient (Wildman–Crippen LogP) is 3.20. The van der Waals surface area contributed by atoms with Crippen molar-refractivity contribution in [3.63, 3.8) is 0 Å². The van der Waals surface area contributed by atoms with Crippen molar-refractivity contribution in [2.24, 2.45) is 5.73 Å². The molecule has 1 heterocycles. The van der Waals surface area contributed by atoms with Crippen LogP contribution in [0.3, 0.4) is 0 Å². The molecule has 6 nitrogen and oxygen atoms in total. The van der Waals surface area contributed by atoms with E-state index in [0.717, 1.165) is 17.7 Å². The van der Waals surface area contributed by atoms with Gasteiger partial charge in [-0.1, -0.05) is 0 Å². The first kappa shape index (κ1) is 17.8. The van der Waals surface area contributed by atoms with E-state index in [1.165, 1.54) is 13.2 Å². The Kier molecular flexibility index (Phi) is 5.43. The van der Waals surface area contributed by atoms with Gasteiger partial charge in [0.25, 0.3) is 0 Å². The summed E-state index contributed by atoms with van der Waals surface area (Å²) >= 11 is 0. The Morgan fingerprint density at radius 3 is 2.42 bits per heavy atom. The Morgan fingerprint density at radius 2 is 1.77 bits per heavy atom. The Balaban J connectivity index is 1.99. The van der Waals surface area contributed by atoms with Crippen LogP contribution in [0.4, 0.5) is 0 Å². The molecule has 1 aromatic heterocycles. The molecule has 2 N–H and O–H groups in total. The highest BCUT2D eigenvalue weighted by atomic mass is 16.5. The first-order chi connectivity index (χ1) is 12.7. The summed E-state index contributed by atoms with van der Waals surface area (Å²) in [6, 6.07) is 12.2. The number of fused-ring (bicyclic) bond motifs is 1. The zero-order valence-electron chi connectivity index (χ0n) is 14.8. The van der Waals surface area contributed by atoms with Gasteiger partial charge in [0.15, 0.2) is 5.43 Å². The molecule has 0 fully saturated rings. The molecule has 6 heteroatoms. The summed E-state index contributed by atoms with van der Waals surface area (Å²) in [7, 11) is 3.05. The molecule has 0 atom stereocenters. The van der Waals surface area contributed by atoms with Gasteiger partial charge < -0.3 is 24.4 Å². The Morgan fingerprint density at radius 1 is 1.00 bits per heavy atom. The van der Waals surface area contributed by atoms with Gasteiger partial charge in [0, 0.05) is 23.8 Å². The lowest BCUT2D eigenvalue weighted by Gasteiger charge is -2.10. The van der Waals surface area contributed by atoms with Gasteiger partial charge >= 0.3 is 0 Å². The molecule has 0 aliphatic rings. The summed E-state index contributed by atoms with van der Waals surface area (Å²) in [5.74, 6) is 2.18. The number of hydrogen-bond acceptors (Lipinski definition) is 6. The van der Waals surface area contributed by atoms with E-state index in [2.05, 4.69) is 0 Å². The molecule has 0 spiro atoms. The summed E-state index contributed by atoms with van der Waals surface area (Å²) in [5.41, 5.74) is 6.46. The van der Waals surface area contributed by atoms with Gasteiger partial charge in [0.1, 0.15) is 34.0 Å². The second kappa shape index (κ2) is 7.93. The summed E-state index contributed by atoms with van der Waals surface area (Å²) in [6.45, 7) is 1.16. The standard InChI is InChI=1S/C20H21NO5/c1-23-15-10-18(24-2)20-16(22)12-17(26-19(20)11-15)13-4-6-14(7-5-13)25-9-3-8-21/h4-7,10-12H,3,8-9,21H2,1-2H3. The minimum absolute atomic E-state index is 0.177. The zero-order chi connectivity index (χ0) is 18.5. The van der Waals surface area contributed by atoms with Crippen LogP contribution in [0.15, 0.2) is 51.7 Å². The van der Waals surface area contributed by atoms with Crippen molar-refractivity contribution >= 4 is 11.0 Å². The molecule has 0 unspecified atom stereocenters. The molecule has 0 bridgehead atoms. The van der Waals surface area contributed by atoms with Gasteiger partial charge in [-0.2, -0.15) is 0 Å². The maximum Gasteiger partial charge on any atom is 0.197 e. The summed E-state index contributed by atoms with van der Waals surface area (Å²) in [4.78, 5) is 12.6. The number of ether oxygens (including phenoxy) is 3. The average Bonchev–Trinajstić information content (AvgIpc) is 2.67. The molecule has 0 saturated carbocycles. The van der Waals surface area contributed by atoms with Crippen molar-refractivity contribution < 1.29 is 18.6 Å². The van der Waals surface area contributed by atoms with Crippen molar-refractivity contribution in [3.05, 3.63) is 52.7 Å². The van der Waals surface area contributed by atoms with E-state index in [4.69, 9.17) is 24.4 Å². The lowest BCUT2D eigenvalue weighted by atomic mass is 10.1. The fourth-order valence-electron chi connectivity index (χ4n) is 2.64. The van der Waals surface area contributed by atoms with Crippen molar-refractivity contribution in [2.75, 3.05) is 27.4 Å². The maximum atomic E-state index is 12.6. The SMILES string of the molecule is COc1cc(OC)c2c(=O)cc(-c3ccc(OCCCN)cc3)oc2c1. The maximum absolute atomic E-state index is 12.6. The van der Waals surface area contributed by atoms with Crippen molar-refractivity contribution in [1.29, 1.82) is 0 Å². The second-order valence-corrected chi connectivity index (χ2v) is 5.69. The first-order valence-electron chi connectivity index (χ1n) is 8.29. The summed E-state index contributed by atoms with van der Waals surface area (Å²) < 4.78 is 22.1. The molecule has 0 saturated heterocycles. The predicted molar refractivity (Wildman–Crippen MR) is 100 cm³/mol. The molecule has 3 rings (SSSR count). The number of methoxy groups -OCH3 is 2. The van der Waals surface area contributed by atoms with E-state index in [-0.39, 0.29) is 5.43 Å². The van der Waals surface area contributed by atoms with Gasteiger partial charge in [0.2, 0.25) is 0 Å². The van der Waals surface area contributed by atoms with Gasteiger partial charge in [-0.3, -0.25) is 4.79 Å². The molecule has 26 heavy (non-hydrogen) atoms. The highest BCUT2D eigenvalue weighted by molar-refractivity contribution is 5.86. The highest BCUT2D eigenvalue weighted by Gasteiger charge is 2.13. The molecule has 0 amide bonds. The largest absolute Gasteiger partial charge is 0.496 e. The van der Waals surface area contributed by atoms with Crippen molar-refractivity contribution in [1.82, 2.24) is 0 Å². The van der Waals surface area contributed by atoms with Crippen LogP contribution in [-0.4, -0.2) is 27.4 Å². The van der Waals surface area contributed by atoms with E-state index < -0.39 is 0 Å². The molecular formula is C20H21NO5. The van der Waals surface area contributed by atoms with Crippen molar-refractivity contribution in [3.8, 4) is 28.6 Å². The van der Waals surface area contributed by atoms with Crippen LogP contribution >= 0.6 is 0 Å². The van der Waals surface area contributed by atoms with E-state index in [1.807, 2.05) is 24.3 Å². The first-order valence-corrected chi connectivity index (χ1v) is 8.29. The number of nitrogens with two attached hydrogens (primary N) is 1. The third kappa shape index (κ3) is 3.65. The topological polar surface area (TPSA) is 83.9 Å². The molecule has 2 aromatic carbocycles. The van der Waals surface area contributed by atoms with Crippen LogP contribution in [0.25, 0.3) is 22.3 Å². The van der Waals surface area contributed by atoms with Gasteiger partial charge in [-0.15, -0.1) is 0 Å². The molecule has 0 aliphatic heterocycles. The van der Waals surface area contributed by atoms with E-state index in [9.17, 15) is 4.79 Å². The molecular weight excluding hydrogens is 334 g/mol. The average molecular weight is 355 g/mol. The van der Waals surface area contributed by atoms with E-state index >= 15 is 0 Å². The van der Waals surface area contributed by atoms with Crippen LogP contribution in [0.1, 0.15) is 6.42 Å². The van der Waals surface area contributed by atoms with Crippen LogP contribution in [-0.2, 0) is 0 Å². The molecule has 0 radical (unpaired) electrons. The monoisotopic (exact) mass is 355 g/mol. The number of benzene rings is 2. The zero-order valence-corrected chi connectivity index (χ0v) is 14.8. The molecule has 0 aliphatic carbocycles. The third-order valence-corrected chi connectivity index (χ3v) is 3.98. The number of hydrogen-bond donors (Lipinski definition) is 1. The van der Waals surface area contributed by atoms with Gasteiger partial charge in [0.05, 0.1) is 20.8 Å². The normalized spacial score (nSPS) is 10.7. The van der Waals surface area contributed by atoms with Crippen LogP contribution < -0.4 is 25.4 Å². The lowest BCUT2D eigenvalue weighted by Crippen LogP contribution is -2.06. The Labute approximate surface area is 151 Å². The van der Waals surface area contributed by atoms with Crippen LogP contribution in [0.5, 0.6) is 17.2 Å². The minimum atomic E-state index is -0.177. The highest BCUT2D eigenvalue weighted by Crippen LogP contribution is 2.32. The van der Waals surface area contributed by atoms with Crippen molar-refractivity contribution in [2.45, 2.75) is 6.42 Å². The lowest BCUT2D eigenvalue weighted by molar-refractivity contribution is 0.313. The fourth-order valence-corrected chi connectivity index (χ4v) is 2.64. The smallest absolute Gasteiger partial charge is 0.197 e. The van der Waals surface area contributed by atoms with E-state index in [0.29, 0.717) is 41.4 Å². The molecule has 136 valence electrons. The molecule has 3 aromatic rings. The Bertz CT molecular complexity index is 947. The summed E-state index contributed by atoms with van der Waals surface area (Å²) in [6.07, 6.45) is 0.797.